The molecule has 5 nitrogen and oxygen atoms in total. The van der Waals surface area contributed by atoms with Crippen molar-refractivity contribution < 1.29 is 9.53 Å². The van der Waals surface area contributed by atoms with E-state index in [0.717, 1.165) is 26.1 Å². The maximum atomic E-state index is 12.3. The number of pyridine rings is 1. The molecular formula is C18H21N3O2. The Kier molecular flexibility index (Phi) is 4.88. The van der Waals surface area contributed by atoms with Crippen LogP contribution in [0.25, 0.3) is 0 Å². The smallest absolute Gasteiger partial charge is 0.253 e. The van der Waals surface area contributed by atoms with E-state index in [1.165, 1.54) is 5.56 Å². The number of nitrogens with one attached hydrogen (secondary N) is 1. The van der Waals surface area contributed by atoms with Crippen LogP contribution in [0.1, 0.15) is 22.3 Å². The molecule has 2 aromatic rings. The van der Waals surface area contributed by atoms with E-state index in [1.54, 1.807) is 25.4 Å². The van der Waals surface area contributed by atoms with Crippen LogP contribution in [-0.4, -0.2) is 42.0 Å². The highest BCUT2D eigenvalue weighted by Gasteiger charge is 2.24. The molecule has 1 unspecified atom stereocenters. The van der Waals surface area contributed by atoms with E-state index < -0.39 is 0 Å². The predicted molar refractivity (Wildman–Crippen MR) is 88.4 cm³/mol. The Labute approximate surface area is 136 Å². The van der Waals surface area contributed by atoms with Crippen molar-refractivity contribution >= 4 is 5.91 Å². The molecule has 0 saturated carbocycles. The topological polar surface area (TPSA) is 54.5 Å². The predicted octanol–water partition coefficient (Wildman–Crippen LogP) is 2.09. The summed E-state index contributed by atoms with van der Waals surface area (Å²) in [4.78, 5) is 18.7. The quantitative estimate of drug-likeness (QED) is 0.919. The molecule has 23 heavy (non-hydrogen) atoms. The van der Waals surface area contributed by atoms with E-state index in [4.69, 9.17) is 4.74 Å². The van der Waals surface area contributed by atoms with E-state index in [1.807, 2.05) is 6.07 Å². The summed E-state index contributed by atoms with van der Waals surface area (Å²) in [5.74, 6) is 0.433. The van der Waals surface area contributed by atoms with Crippen LogP contribution in [-0.2, 0) is 6.54 Å². The number of methoxy groups -OCH3 is 1. The molecule has 1 fully saturated rings. The van der Waals surface area contributed by atoms with E-state index in [-0.39, 0.29) is 11.9 Å². The summed E-state index contributed by atoms with van der Waals surface area (Å²) in [6.45, 7) is 2.81. The highest BCUT2D eigenvalue weighted by Crippen LogP contribution is 2.14. The van der Waals surface area contributed by atoms with E-state index >= 15 is 0 Å². The Morgan fingerprint density at radius 1 is 1.30 bits per heavy atom. The third-order valence-electron chi connectivity index (χ3n) is 4.06. The van der Waals surface area contributed by atoms with Gasteiger partial charge in [0.1, 0.15) is 0 Å². The lowest BCUT2D eigenvalue weighted by Gasteiger charge is -2.16. The fourth-order valence-corrected chi connectivity index (χ4v) is 2.84. The number of hydrogen-bond donors (Lipinski definition) is 1. The molecule has 3 rings (SSSR count). The number of amides is 1. The molecule has 0 spiro atoms. The zero-order valence-electron chi connectivity index (χ0n) is 13.2. The number of carbonyl (C=O) groups is 1. The van der Waals surface area contributed by atoms with Gasteiger partial charge in [-0.1, -0.05) is 30.3 Å². The minimum Gasteiger partial charge on any atom is -0.481 e. The number of hydrogen-bond acceptors (Lipinski definition) is 4. The van der Waals surface area contributed by atoms with Crippen molar-refractivity contribution in [1.82, 2.24) is 15.2 Å². The summed E-state index contributed by atoms with van der Waals surface area (Å²) < 4.78 is 5.00. The van der Waals surface area contributed by atoms with Crippen molar-refractivity contribution in [1.29, 1.82) is 0 Å². The maximum Gasteiger partial charge on any atom is 0.253 e. The molecule has 1 amide bonds. The zero-order valence-corrected chi connectivity index (χ0v) is 13.2. The van der Waals surface area contributed by atoms with Crippen LogP contribution >= 0.6 is 0 Å². The van der Waals surface area contributed by atoms with E-state index in [0.29, 0.717) is 11.4 Å². The minimum atomic E-state index is -0.0771. The van der Waals surface area contributed by atoms with Gasteiger partial charge in [-0.15, -0.1) is 0 Å². The summed E-state index contributed by atoms with van der Waals surface area (Å²) in [7, 11) is 1.56. The Bertz CT molecular complexity index is 643. The van der Waals surface area contributed by atoms with Gasteiger partial charge in [0, 0.05) is 37.9 Å². The van der Waals surface area contributed by atoms with E-state index in [2.05, 4.69) is 39.5 Å². The number of rotatable bonds is 5. The second-order valence-corrected chi connectivity index (χ2v) is 5.77. The Morgan fingerprint density at radius 2 is 2.13 bits per heavy atom. The van der Waals surface area contributed by atoms with Crippen LogP contribution in [0.4, 0.5) is 0 Å². The first-order chi connectivity index (χ1) is 11.2. The molecule has 1 aromatic heterocycles. The van der Waals surface area contributed by atoms with Crippen molar-refractivity contribution in [2.24, 2.45) is 0 Å². The SMILES string of the molecule is COc1ccc(C(=O)NC2CCN(Cc3ccccc3)C2)cn1. The number of carbonyl (C=O) groups excluding carboxylic acids is 1. The molecule has 1 aliphatic rings. The van der Waals surface area contributed by atoms with Crippen molar-refractivity contribution in [2.45, 2.75) is 19.0 Å². The van der Waals surface area contributed by atoms with Gasteiger partial charge in [-0.05, 0) is 18.1 Å². The van der Waals surface area contributed by atoms with Crippen LogP contribution in [0.5, 0.6) is 5.88 Å². The molecule has 1 aliphatic heterocycles. The second-order valence-electron chi connectivity index (χ2n) is 5.77. The van der Waals surface area contributed by atoms with Crippen LogP contribution in [0.2, 0.25) is 0 Å². The Morgan fingerprint density at radius 3 is 2.83 bits per heavy atom. The van der Waals surface area contributed by atoms with Gasteiger partial charge < -0.3 is 10.1 Å². The molecule has 2 heterocycles. The van der Waals surface area contributed by atoms with Crippen LogP contribution < -0.4 is 10.1 Å². The first-order valence-electron chi connectivity index (χ1n) is 7.82. The molecular weight excluding hydrogens is 290 g/mol. The third kappa shape index (κ3) is 4.07. The average molecular weight is 311 g/mol. The molecule has 5 heteroatoms. The normalized spacial score (nSPS) is 17.9. The summed E-state index contributed by atoms with van der Waals surface area (Å²) in [6, 6.07) is 14.0. The number of nitrogens with zero attached hydrogens (tertiary/aromatic N) is 2. The summed E-state index contributed by atoms with van der Waals surface area (Å²) in [5, 5.41) is 3.09. The lowest BCUT2D eigenvalue weighted by atomic mass is 10.2. The second kappa shape index (κ2) is 7.24. The van der Waals surface area contributed by atoms with Gasteiger partial charge in [0.15, 0.2) is 0 Å². The third-order valence-corrected chi connectivity index (χ3v) is 4.06. The molecule has 1 atom stereocenters. The summed E-state index contributed by atoms with van der Waals surface area (Å²) in [6.07, 6.45) is 2.52. The maximum absolute atomic E-state index is 12.3. The highest BCUT2D eigenvalue weighted by atomic mass is 16.5. The summed E-state index contributed by atoms with van der Waals surface area (Å²) in [5.41, 5.74) is 1.87. The molecule has 0 bridgehead atoms. The van der Waals surface area contributed by atoms with Crippen LogP contribution in [0, 0.1) is 0 Å². The fourth-order valence-electron chi connectivity index (χ4n) is 2.84. The molecule has 1 aromatic carbocycles. The van der Waals surface area contributed by atoms with Gasteiger partial charge in [-0.3, -0.25) is 9.69 Å². The molecule has 120 valence electrons. The zero-order chi connectivity index (χ0) is 16.1. The largest absolute Gasteiger partial charge is 0.481 e. The average Bonchev–Trinajstić information content (AvgIpc) is 3.02. The number of benzene rings is 1. The fraction of sp³-hybridized carbons (Fsp3) is 0.333. The van der Waals surface area contributed by atoms with Crippen LogP contribution in [0.15, 0.2) is 48.7 Å². The van der Waals surface area contributed by atoms with Crippen molar-refractivity contribution in [3.8, 4) is 5.88 Å². The minimum absolute atomic E-state index is 0.0771. The van der Waals surface area contributed by atoms with Gasteiger partial charge in [-0.25, -0.2) is 4.98 Å². The lowest BCUT2D eigenvalue weighted by molar-refractivity contribution is 0.0937. The molecule has 1 saturated heterocycles. The Hall–Kier alpha value is -2.40. The molecule has 0 radical (unpaired) electrons. The molecule has 1 N–H and O–H groups in total. The Balaban J connectivity index is 1.52. The number of ether oxygens (including phenoxy) is 1. The van der Waals surface area contributed by atoms with E-state index in [9.17, 15) is 4.79 Å². The standard InChI is InChI=1S/C18H21N3O2/c1-23-17-8-7-15(11-19-17)18(22)20-16-9-10-21(13-16)12-14-5-3-2-4-6-14/h2-8,11,16H,9-10,12-13H2,1H3,(H,20,22). The monoisotopic (exact) mass is 311 g/mol. The lowest BCUT2D eigenvalue weighted by Crippen LogP contribution is -2.37. The number of likely N-dealkylation sites (tertiary alicyclic amines) is 1. The van der Waals surface area contributed by atoms with Crippen molar-refractivity contribution in [3.63, 3.8) is 0 Å². The first-order valence-corrected chi connectivity index (χ1v) is 7.82. The number of aromatic nitrogens is 1. The van der Waals surface area contributed by atoms with Gasteiger partial charge >= 0.3 is 0 Å². The first kappa shape index (κ1) is 15.5. The van der Waals surface area contributed by atoms with Gasteiger partial charge in [-0.2, -0.15) is 0 Å². The molecule has 0 aliphatic carbocycles. The summed E-state index contributed by atoms with van der Waals surface area (Å²) >= 11 is 0. The van der Waals surface area contributed by atoms with Gasteiger partial charge in [0.05, 0.1) is 12.7 Å². The van der Waals surface area contributed by atoms with Crippen molar-refractivity contribution in [2.75, 3.05) is 20.2 Å². The van der Waals surface area contributed by atoms with Gasteiger partial charge in [0.25, 0.3) is 5.91 Å². The van der Waals surface area contributed by atoms with Gasteiger partial charge in [0.2, 0.25) is 5.88 Å². The van der Waals surface area contributed by atoms with Crippen molar-refractivity contribution in [3.05, 3.63) is 59.8 Å². The van der Waals surface area contributed by atoms with Crippen LogP contribution in [0.3, 0.4) is 0 Å². The highest BCUT2D eigenvalue weighted by molar-refractivity contribution is 5.94.